The van der Waals surface area contributed by atoms with Gasteiger partial charge in [0, 0.05) is 56.6 Å². The zero-order chi connectivity index (χ0) is 14.1. The third kappa shape index (κ3) is 10.5. The van der Waals surface area contributed by atoms with Crippen molar-refractivity contribution in [3.8, 4) is 0 Å². The molecule has 8 nitrogen and oxygen atoms in total. The highest BCUT2D eigenvalue weighted by Crippen LogP contribution is 1.86. The highest BCUT2D eigenvalue weighted by Gasteiger charge is 1.83. The van der Waals surface area contributed by atoms with Crippen molar-refractivity contribution in [1.82, 2.24) is 15.4 Å². The second-order valence-electron chi connectivity index (χ2n) is 3.43. The molecule has 0 bridgehead atoms. The lowest BCUT2D eigenvalue weighted by molar-refractivity contribution is 0.813. The molecule has 0 saturated heterocycles. The maximum Gasteiger partial charge on any atom is 0.0919 e. The molecule has 1 aromatic heterocycles. The van der Waals surface area contributed by atoms with Gasteiger partial charge in [-0.25, -0.2) is 4.98 Å². The van der Waals surface area contributed by atoms with Crippen LogP contribution in [0.2, 0.25) is 0 Å². The zero-order valence-corrected chi connectivity index (χ0v) is 11.1. The highest BCUT2D eigenvalue weighted by atomic mass is 15.3. The van der Waals surface area contributed by atoms with Gasteiger partial charge < -0.3 is 10.4 Å². The average Bonchev–Trinajstić information content (AvgIpc) is 3.40. The molecule has 0 saturated carbocycles. The number of aromatic amines is 1. The van der Waals surface area contributed by atoms with Crippen molar-refractivity contribution in [2.75, 3.05) is 13.1 Å². The van der Waals surface area contributed by atoms with Crippen LogP contribution in [0.3, 0.4) is 0 Å². The van der Waals surface area contributed by atoms with Gasteiger partial charge in [0.05, 0.1) is 12.9 Å². The molecule has 0 atom stereocenters. The minimum atomic E-state index is 0.778. The summed E-state index contributed by atoms with van der Waals surface area (Å²) in [6, 6.07) is 0. The third-order valence-electron chi connectivity index (χ3n) is 1.86. The summed E-state index contributed by atoms with van der Waals surface area (Å²) in [5.74, 6) is 0. The van der Waals surface area contributed by atoms with Gasteiger partial charge >= 0.3 is 0 Å². The molecule has 0 amide bonds. The molecule has 2 N–H and O–H groups in total. The number of rotatable bonds is 0. The SMILES string of the molecule is C1=CN=NC1.C1=NN=CC1.C1=NNCC1.c1c[nH]cn1. The fraction of sp³-hybridized carbons (Fsp3) is 0.333. The summed E-state index contributed by atoms with van der Waals surface area (Å²) >= 11 is 0. The van der Waals surface area contributed by atoms with Gasteiger partial charge in [-0.2, -0.15) is 25.5 Å². The second-order valence-corrected chi connectivity index (χ2v) is 3.43. The summed E-state index contributed by atoms with van der Waals surface area (Å²) in [4.78, 5) is 6.42. The van der Waals surface area contributed by atoms with Crippen LogP contribution in [-0.2, 0) is 0 Å². The molecule has 0 fully saturated rings. The molecule has 0 aromatic carbocycles. The predicted molar refractivity (Wildman–Crippen MR) is 80.2 cm³/mol. The number of nitrogens with one attached hydrogen (secondary N) is 2. The predicted octanol–water partition coefficient (Wildman–Crippen LogP) is 1.79. The molecular formula is C12H18N8. The Morgan fingerprint density at radius 1 is 1.05 bits per heavy atom. The number of nitrogens with zero attached hydrogens (tertiary/aromatic N) is 6. The molecule has 0 radical (unpaired) electrons. The van der Waals surface area contributed by atoms with Crippen LogP contribution in [0, 0.1) is 0 Å². The van der Waals surface area contributed by atoms with Crippen molar-refractivity contribution in [3.63, 3.8) is 0 Å². The molecule has 0 aliphatic carbocycles. The van der Waals surface area contributed by atoms with E-state index in [1.165, 1.54) is 0 Å². The topological polar surface area (TPSA) is 103 Å². The molecule has 0 spiro atoms. The molecule has 4 rings (SSSR count). The van der Waals surface area contributed by atoms with Crippen molar-refractivity contribution in [1.29, 1.82) is 0 Å². The molecule has 1 aromatic rings. The van der Waals surface area contributed by atoms with Crippen LogP contribution in [0.5, 0.6) is 0 Å². The first-order valence-electron chi connectivity index (χ1n) is 6.22. The van der Waals surface area contributed by atoms with Crippen LogP contribution in [-0.4, -0.2) is 41.7 Å². The first-order valence-corrected chi connectivity index (χ1v) is 6.22. The fourth-order valence-electron chi connectivity index (χ4n) is 1.01. The Morgan fingerprint density at radius 3 is 2.15 bits per heavy atom. The number of H-pyrrole nitrogens is 1. The van der Waals surface area contributed by atoms with Gasteiger partial charge in [0.15, 0.2) is 0 Å². The van der Waals surface area contributed by atoms with Crippen LogP contribution >= 0.6 is 0 Å². The number of imidazole rings is 1. The van der Waals surface area contributed by atoms with Gasteiger partial charge in [0.25, 0.3) is 0 Å². The molecule has 8 heteroatoms. The van der Waals surface area contributed by atoms with E-state index in [0.29, 0.717) is 0 Å². The number of hydrogen-bond donors (Lipinski definition) is 2. The fourth-order valence-corrected chi connectivity index (χ4v) is 1.01. The van der Waals surface area contributed by atoms with Gasteiger partial charge in [-0.05, 0) is 6.08 Å². The Labute approximate surface area is 117 Å². The lowest BCUT2D eigenvalue weighted by atomic mass is 10.5. The normalized spacial score (nSPS) is 15.6. The largest absolute Gasteiger partial charge is 0.351 e. The number of aromatic nitrogens is 2. The Bertz CT molecular complexity index is 379. The summed E-state index contributed by atoms with van der Waals surface area (Å²) in [6.07, 6.45) is 16.1. The molecule has 20 heavy (non-hydrogen) atoms. The lowest BCUT2D eigenvalue weighted by Crippen LogP contribution is -1.96. The number of hydrogen-bond acceptors (Lipinski definition) is 7. The second kappa shape index (κ2) is 12.8. The Morgan fingerprint density at radius 2 is 1.95 bits per heavy atom. The molecular weight excluding hydrogens is 256 g/mol. The van der Waals surface area contributed by atoms with Gasteiger partial charge in [0.1, 0.15) is 0 Å². The summed E-state index contributed by atoms with van der Waals surface area (Å²) < 4.78 is 0. The van der Waals surface area contributed by atoms with E-state index in [0.717, 1.165) is 25.9 Å². The van der Waals surface area contributed by atoms with E-state index in [1.807, 2.05) is 12.3 Å². The van der Waals surface area contributed by atoms with Gasteiger partial charge in [0.2, 0.25) is 0 Å². The molecule has 106 valence electrons. The minimum absolute atomic E-state index is 0.778. The molecule has 3 aliphatic rings. The Balaban J connectivity index is 0.000000133. The van der Waals surface area contributed by atoms with Crippen molar-refractivity contribution < 1.29 is 0 Å². The van der Waals surface area contributed by atoms with Crippen molar-refractivity contribution in [2.45, 2.75) is 12.8 Å². The van der Waals surface area contributed by atoms with E-state index in [4.69, 9.17) is 0 Å². The van der Waals surface area contributed by atoms with Gasteiger partial charge in [-0.3, -0.25) is 0 Å². The van der Waals surface area contributed by atoms with E-state index in [2.05, 4.69) is 40.9 Å². The quantitative estimate of drug-likeness (QED) is 0.753. The van der Waals surface area contributed by atoms with Gasteiger partial charge in [-0.15, -0.1) is 0 Å². The van der Waals surface area contributed by atoms with Crippen LogP contribution in [0.15, 0.2) is 56.5 Å². The van der Waals surface area contributed by atoms with Crippen LogP contribution in [0.25, 0.3) is 0 Å². The van der Waals surface area contributed by atoms with E-state index in [-0.39, 0.29) is 0 Å². The Hall–Kier alpha value is -2.64. The number of azo groups is 1. The smallest absolute Gasteiger partial charge is 0.0919 e. The zero-order valence-electron chi connectivity index (χ0n) is 11.1. The summed E-state index contributed by atoms with van der Waals surface area (Å²) in [7, 11) is 0. The van der Waals surface area contributed by atoms with Crippen LogP contribution in [0.1, 0.15) is 12.8 Å². The third-order valence-corrected chi connectivity index (χ3v) is 1.86. The summed E-state index contributed by atoms with van der Waals surface area (Å²) in [6.45, 7) is 1.81. The average molecular weight is 274 g/mol. The van der Waals surface area contributed by atoms with Crippen molar-refractivity contribution in [3.05, 3.63) is 31.0 Å². The first-order chi connectivity index (χ1) is 10.0. The number of hydrazone groups is 1. The highest BCUT2D eigenvalue weighted by molar-refractivity contribution is 5.82. The maximum atomic E-state index is 3.71. The van der Waals surface area contributed by atoms with Crippen molar-refractivity contribution >= 4 is 18.6 Å². The summed E-state index contributed by atoms with van der Waals surface area (Å²) in [5.41, 5.74) is 2.79. The van der Waals surface area contributed by atoms with E-state index < -0.39 is 0 Å². The standard InChI is InChI=1S/C3H4N2.C3H6N2.2C3H4N2/c1-2-5-3-4-1;3*1-2-4-5-3-1/h1-3H,(H,4,5);2,5H,1,3H2;2-3H,1H2;1-2H,3H2. The maximum absolute atomic E-state index is 3.71. The van der Waals surface area contributed by atoms with Crippen LogP contribution < -0.4 is 5.43 Å². The molecule has 0 unspecified atom stereocenters. The molecule has 3 aliphatic heterocycles. The minimum Gasteiger partial charge on any atom is -0.351 e. The van der Waals surface area contributed by atoms with E-state index >= 15 is 0 Å². The monoisotopic (exact) mass is 274 g/mol. The van der Waals surface area contributed by atoms with Crippen molar-refractivity contribution in [2.24, 2.45) is 25.5 Å². The van der Waals surface area contributed by atoms with E-state index in [1.54, 1.807) is 37.4 Å². The van der Waals surface area contributed by atoms with Crippen LogP contribution in [0.4, 0.5) is 0 Å². The molecule has 4 heterocycles. The van der Waals surface area contributed by atoms with Gasteiger partial charge in [-0.1, -0.05) is 0 Å². The Kier molecular flexibility index (Phi) is 9.87. The lowest BCUT2D eigenvalue weighted by Gasteiger charge is -1.76. The van der Waals surface area contributed by atoms with E-state index in [9.17, 15) is 0 Å². The summed E-state index contributed by atoms with van der Waals surface area (Å²) in [5, 5.41) is 17.9. The first kappa shape index (κ1) is 15.4.